The molecule has 0 radical (unpaired) electrons. The predicted octanol–water partition coefficient (Wildman–Crippen LogP) is 3.31. The fourth-order valence-corrected chi connectivity index (χ4v) is 2.84. The van der Waals surface area contributed by atoms with Crippen LogP contribution in [-0.2, 0) is 9.59 Å². The van der Waals surface area contributed by atoms with Gasteiger partial charge in [0, 0.05) is 16.1 Å². The van der Waals surface area contributed by atoms with Gasteiger partial charge >= 0.3 is 0 Å². The number of benzene rings is 3. The van der Waals surface area contributed by atoms with Gasteiger partial charge in [-0.25, -0.2) is 0 Å². The van der Waals surface area contributed by atoms with Gasteiger partial charge in [-0.1, -0.05) is 72.3 Å². The molecule has 0 fully saturated rings. The number of amides is 2. The highest BCUT2D eigenvalue weighted by atomic mass is 35.5. The summed E-state index contributed by atoms with van der Waals surface area (Å²) in [5.74, 6) is -2.41. The van der Waals surface area contributed by atoms with Crippen LogP contribution < -0.4 is 11.1 Å². The molecule has 0 heterocycles. The van der Waals surface area contributed by atoms with Gasteiger partial charge in [-0.3, -0.25) is 14.4 Å². The summed E-state index contributed by atoms with van der Waals surface area (Å²) in [5.41, 5.74) is 7.15. The number of nitrogens with one attached hydrogen (secondary N) is 1. The van der Waals surface area contributed by atoms with Crippen molar-refractivity contribution in [3.63, 3.8) is 0 Å². The molecular weight excluding hydrogens is 402 g/mol. The van der Waals surface area contributed by atoms with Crippen molar-refractivity contribution in [2.45, 2.75) is 6.04 Å². The first-order chi connectivity index (χ1) is 14.5. The Balaban J connectivity index is 1.86. The van der Waals surface area contributed by atoms with Crippen LogP contribution in [0.25, 0.3) is 0 Å². The van der Waals surface area contributed by atoms with Crippen LogP contribution in [-0.4, -0.2) is 23.4 Å². The maximum atomic E-state index is 12.9. The summed E-state index contributed by atoms with van der Waals surface area (Å²) in [5, 5.41) is 2.91. The molecule has 0 saturated heterocycles. The third kappa shape index (κ3) is 5.18. The molecule has 0 bridgehead atoms. The second-order valence-electron chi connectivity index (χ2n) is 6.35. The smallest absolute Gasteiger partial charge is 0.293 e. The lowest BCUT2D eigenvalue weighted by molar-refractivity contribution is -0.125. The molecule has 1 unspecified atom stereocenters. The second-order valence-corrected chi connectivity index (χ2v) is 6.79. The number of hydrogen-bond donors (Lipinski definition) is 2. The Kier molecular flexibility index (Phi) is 6.72. The Morgan fingerprint density at radius 1 is 0.800 bits per heavy atom. The van der Waals surface area contributed by atoms with Crippen molar-refractivity contribution >= 4 is 35.0 Å². The van der Waals surface area contributed by atoms with E-state index in [1.54, 1.807) is 54.6 Å². The van der Waals surface area contributed by atoms with Gasteiger partial charge in [0.25, 0.3) is 11.8 Å². The molecule has 3 aromatic carbocycles. The first kappa shape index (κ1) is 21.0. The third-order valence-corrected chi connectivity index (χ3v) is 4.52. The molecule has 0 saturated carbocycles. The quantitative estimate of drug-likeness (QED) is 0.277. The van der Waals surface area contributed by atoms with Crippen LogP contribution in [0, 0.1) is 0 Å². The van der Waals surface area contributed by atoms with Gasteiger partial charge in [-0.05, 0) is 29.8 Å². The average Bonchev–Trinajstić information content (AvgIpc) is 2.78. The van der Waals surface area contributed by atoms with Gasteiger partial charge in [0.1, 0.15) is 11.9 Å². The molecule has 1 atom stereocenters. The van der Waals surface area contributed by atoms with E-state index < -0.39 is 23.6 Å². The molecular formula is C23H18ClN3O3. The lowest BCUT2D eigenvalue weighted by Crippen LogP contribution is -2.38. The van der Waals surface area contributed by atoms with Gasteiger partial charge in [-0.15, -0.1) is 0 Å². The number of ketones is 1. The van der Waals surface area contributed by atoms with Crippen molar-refractivity contribution < 1.29 is 14.4 Å². The molecule has 6 nitrogen and oxygen atoms in total. The Morgan fingerprint density at radius 3 is 1.97 bits per heavy atom. The Labute approximate surface area is 178 Å². The molecule has 2 amide bonds. The van der Waals surface area contributed by atoms with Crippen LogP contribution in [0.5, 0.6) is 0 Å². The maximum Gasteiger partial charge on any atom is 0.293 e. The third-order valence-electron chi connectivity index (χ3n) is 4.27. The predicted molar refractivity (Wildman–Crippen MR) is 115 cm³/mol. The van der Waals surface area contributed by atoms with Crippen LogP contribution in [0.2, 0.25) is 5.02 Å². The van der Waals surface area contributed by atoms with E-state index in [1.165, 1.54) is 24.3 Å². The fourth-order valence-electron chi connectivity index (χ4n) is 2.72. The van der Waals surface area contributed by atoms with E-state index in [0.717, 1.165) is 0 Å². The van der Waals surface area contributed by atoms with E-state index >= 15 is 0 Å². The largest absolute Gasteiger partial charge is 0.383 e. The highest BCUT2D eigenvalue weighted by Crippen LogP contribution is 2.16. The summed E-state index contributed by atoms with van der Waals surface area (Å²) in [6, 6.07) is 22.0. The first-order valence-electron chi connectivity index (χ1n) is 9.05. The molecule has 0 spiro atoms. The van der Waals surface area contributed by atoms with Gasteiger partial charge in [0.05, 0.1) is 0 Å². The monoisotopic (exact) mass is 419 g/mol. The molecule has 0 aromatic heterocycles. The molecule has 150 valence electrons. The summed E-state index contributed by atoms with van der Waals surface area (Å²) < 4.78 is 0. The van der Waals surface area contributed by atoms with Crippen LogP contribution in [0.3, 0.4) is 0 Å². The number of amidine groups is 1. The topological polar surface area (TPSA) is 102 Å². The Bertz CT molecular complexity index is 1080. The minimum absolute atomic E-state index is 0.0137. The minimum Gasteiger partial charge on any atom is -0.383 e. The van der Waals surface area contributed by atoms with Crippen molar-refractivity contribution in [2.24, 2.45) is 10.7 Å². The minimum atomic E-state index is -1.17. The SMILES string of the molecule is NC(=NC(=O)C(NC(=O)C(=O)c1ccc(Cl)cc1)c1ccccc1)c1ccccc1. The molecule has 30 heavy (non-hydrogen) atoms. The van der Waals surface area contributed by atoms with Crippen molar-refractivity contribution in [1.29, 1.82) is 0 Å². The lowest BCUT2D eigenvalue weighted by atomic mass is 10.0. The Hall–Kier alpha value is -3.77. The maximum absolute atomic E-state index is 12.9. The number of Topliss-reactive ketones (excluding diaryl/α,β-unsaturated/α-hetero) is 1. The molecule has 3 rings (SSSR count). The normalized spacial score (nSPS) is 12.1. The van der Waals surface area contributed by atoms with Crippen LogP contribution in [0.1, 0.15) is 27.5 Å². The van der Waals surface area contributed by atoms with Crippen LogP contribution in [0.4, 0.5) is 0 Å². The zero-order valence-corrected chi connectivity index (χ0v) is 16.5. The van der Waals surface area contributed by atoms with Crippen molar-refractivity contribution in [1.82, 2.24) is 5.32 Å². The van der Waals surface area contributed by atoms with Crippen molar-refractivity contribution in [3.8, 4) is 0 Å². The number of nitrogens with zero attached hydrogens (tertiary/aromatic N) is 1. The molecule has 0 aliphatic carbocycles. The fraction of sp³-hybridized carbons (Fsp3) is 0.0435. The summed E-state index contributed by atoms with van der Waals surface area (Å²) >= 11 is 5.82. The van der Waals surface area contributed by atoms with Gasteiger partial charge in [0.2, 0.25) is 5.78 Å². The average molecular weight is 420 g/mol. The van der Waals surface area contributed by atoms with E-state index in [0.29, 0.717) is 16.1 Å². The second kappa shape index (κ2) is 9.62. The highest BCUT2D eigenvalue weighted by Gasteiger charge is 2.26. The number of aliphatic imine (C=N–C) groups is 1. The van der Waals surface area contributed by atoms with Crippen LogP contribution >= 0.6 is 11.6 Å². The van der Waals surface area contributed by atoms with E-state index in [-0.39, 0.29) is 11.4 Å². The van der Waals surface area contributed by atoms with E-state index in [9.17, 15) is 14.4 Å². The molecule has 0 aliphatic heterocycles. The van der Waals surface area contributed by atoms with Gasteiger partial charge < -0.3 is 11.1 Å². The summed E-state index contributed by atoms with van der Waals surface area (Å²) in [6.07, 6.45) is 0. The number of halogens is 1. The molecule has 7 heteroatoms. The number of carbonyl (C=O) groups excluding carboxylic acids is 3. The number of nitrogens with two attached hydrogens (primary N) is 1. The molecule has 0 aliphatic rings. The number of rotatable bonds is 6. The van der Waals surface area contributed by atoms with Gasteiger partial charge in [-0.2, -0.15) is 4.99 Å². The van der Waals surface area contributed by atoms with E-state index in [4.69, 9.17) is 17.3 Å². The highest BCUT2D eigenvalue weighted by molar-refractivity contribution is 6.43. The number of hydrogen-bond acceptors (Lipinski definition) is 3. The summed E-state index contributed by atoms with van der Waals surface area (Å²) in [7, 11) is 0. The molecule has 3 N–H and O–H groups in total. The van der Waals surface area contributed by atoms with Crippen LogP contribution in [0.15, 0.2) is 89.9 Å². The summed E-state index contributed by atoms with van der Waals surface area (Å²) in [4.78, 5) is 41.8. The Morgan fingerprint density at radius 2 is 1.37 bits per heavy atom. The lowest BCUT2D eigenvalue weighted by Gasteiger charge is -2.16. The van der Waals surface area contributed by atoms with Gasteiger partial charge in [0.15, 0.2) is 0 Å². The number of carbonyl (C=O) groups is 3. The van der Waals surface area contributed by atoms with E-state index in [1.807, 2.05) is 6.07 Å². The first-order valence-corrected chi connectivity index (χ1v) is 9.42. The zero-order valence-electron chi connectivity index (χ0n) is 15.8. The van der Waals surface area contributed by atoms with E-state index in [2.05, 4.69) is 10.3 Å². The standard InChI is InChI=1S/C23H18ClN3O3/c24-18-13-11-16(12-14-18)20(28)23(30)26-19(15-7-3-1-4-8-15)22(29)27-21(25)17-9-5-2-6-10-17/h1-14,19H,(H,26,30)(H2,25,27,29). The summed E-state index contributed by atoms with van der Waals surface area (Å²) in [6.45, 7) is 0. The van der Waals surface area contributed by atoms with Crippen molar-refractivity contribution in [3.05, 3.63) is 107 Å². The molecule has 3 aromatic rings. The van der Waals surface area contributed by atoms with Crippen molar-refractivity contribution in [2.75, 3.05) is 0 Å². The zero-order chi connectivity index (χ0) is 21.5.